The quantitative estimate of drug-likeness (QED) is 0.756. The highest BCUT2D eigenvalue weighted by atomic mass is 16.1. The third-order valence-electron chi connectivity index (χ3n) is 4.86. The van der Waals surface area contributed by atoms with Gasteiger partial charge in [0.05, 0.1) is 16.7 Å². The lowest BCUT2D eigenvalue weighted by atomic mass is 10.1. The maximum atomic E-state index is 12.7. The van der Waals surface area contributed by atoms with Crippen LogP contribution in [0.3, 0.4) is 0 Å². The van der Waals surface area contributed by atoms with E-state index < -0.39 is 0 Å². The summed E-state index contributed by atoms with van der Waals surface area (Å²) in [4.78, 5) is 24.4. The maximum absolute atomic E-state index is 12.7. The number of fused-ring (bicyclic) bond motifs is 1. The molecule has 0 unspecified atom stereocenters. The minimum absolute atomic E-state index is 0.105. The molecule has 6 nitrogen and oxygen atoms in total. The molecule has 0 bridgehead atoms. The number of nitrogens with zero attached hydrogens (tertiary/aromatic N) is 4. The lowest BCUT2D eigenvalue weighted by Gasteiger charge is -2.20. The zero-order chi connectivity index (χ0) is 19.7. The first-order valence-corrected chi connectivity index (χ1v) is 9.41. The van der Waals surface area contributed by atoms with Crippen LogP contribution in [0, 0.1) is 6.92 Å². The van der Waals surface area contributed by atoms with Crippen molar-refractivity contribution < 1.29 is 0 Å². The smallest absolute Gasteiger partial charge is 0.275 e. The molecule has 0 radical (unpaired) electrons. The summed E-state index contributed by atoms with van der Waals surface area (Å²) in [5.41, 5.74) is 3.84. The highest BCUT2D eigenvalue weighted by molar-refractivity contribution is 5.53. The van der Waals surface area contributed by atoms with Gasteiger partial charge < -0.3 is 4.90 Å². The Morgan fingerprint density at radius 3 is 2.41 bits per heavy atom. The van der Waals surface area contributed by atoms with Gasteiger partial charge in [0.2, 0.25) is 0 Å². The summed E-state index contributed by atoms with van der Waals surface area (Å²) in [6.07, 6.45) is 0. The van der Waals surface area contributed by atoms with Gasteiger partial charge in [0, 0.05) is 24.3 Å². The van der Waals surface area contributed by atoms with Crippen LogP contribution in [0.1, 0.15) is 44.9 Å². The molecule has 1 aromatic carbocycles. The number of benzene rings is 1. The fourth-order valence-corrected chi connectivity index (χ4v) is 3.34. The monoisotopic (exact) mass is 365 g/mol. The molecule has 0 atom stereocenters. The summed E-state index contributed by atoms with van der Waals surface area (Å²) < 4.78 is 1.44. The van der Waals surface area contributed by atoms with Crippen molar-refractivity contribution in [3.05, 3.63) is 56.6 Å². The van der Waals surface area contributed by atoms with E-state index in [1.807, 2.05) is 32.9 Å². The van der Waals surface area contributed by atoms with E-state index in [0.717, 1.165) is 24.5 Å². The molecule has 2 aromatic heterocycles. The van der Waals surface area contributed by atoms with Crippen LogP contribution in [0.25, 0.3) is 12.2 Å². The second-order valence-corrected chi connectivity index (χ2v) is 6.98. The van der Waals surface area contributed by atoms with Crippen molar-refractivity contribution in [3.63, 3.8) is 0 Å². The molecule has 0 aliphatic carbocycles. The van der Waals surface area contributed by atoms with Gasteiger partial charge in [-0.25, -0.2) is 9.98 Å². The van der Waals surface area contributed by atoms with Gasteiger partial charge in [0.1, 0.15) is 5.36 Å². The SMILES string of the molecule is C=c1[nH]n2c(=O)c(C)c(C(C)C)nc2c1=Nc1ccc(N(CC)CC)cc1. The first-order valence-electron chi connectivity index (χ1n) is 9.41. The average Bonchev–Trinajstić information content (AvgIpc) is 2.96. The minimum Gasteiger partial charge on any atom is -0.372 e. The molecule has 1 N–H and O–H groups in total. The van der Waals surface area contributed by atoms with Gasteiger partial charge in [-0.1, -0.05) is 20.4 Å². The van der Waals surface area contributed by atoms with Crippen LogP contribution in [0.2, 0.25) is 0 Å². The van der Waals surface area contributed by atoms with E-state index in [1.165, 1.54) is 10.2 Å². The largest absolute Gasteiger partial charge is 0.372 e. The predicted molar refractivity (Wildman–Crippen MR) is 111 cm³/mol. The first-order chi connectivity index (χ1) is 12.9. The second-order valence-electron chi connectivity index (χ2n) is 6.98. The lowest BCUT2D eigenvalue weighted by molar-refractivity contribution is 0.778. The van der Waals surface area contributed by atoms with Crippen LogP contribution < -0.4 is 21.2 Å². The Balaban J connectivity index is 2.18. The van der Waals surface area contributed by atoms with Crippen molar-refractivity contribution in [1.29, 1.82) is 0 Å². The molecule has 2 heterocycles. The highest BCUT2D eigenvalue weighted by Gasteiger charge is 2.14. The molecule has 0 aliphatic rings. The van der Waals surface area contributed by atoms with Crippen LogP contribution in [0.4, 0.5) is 11.4 Å². The molecule has 0 aliphatic heterocycles. The van der Waals surface area contributed by atoms with Gasteiger partial charge in [-0.3, -0.25) is 9.89 Å². The average molecular weight is 365 g/mol. The number of hydrogen-bond acceptors (Lipinski definition) is 4. The summed E-state index contributed by atoms with van der Waals surface area (Å²) in [5, 5.41) is 4.18. The fraction of sp³-hybridized carbons (Fsp3) is 0.381. The molecule has 0 spiro atoms. The van der Waals surface area contributed by atoms with Gasteiger partial charge in [0.15, 0.2) is 5.65 Å². The topological polar surface area (TPSA) is 65.8 Å². The molecule has 142 valence electrons. The van der Waals surface area contributed by atoms with E-state index in [0.29, 0.717) is 21.9 Å². The maximum Gasteiger partial charge on any atom is 0.275 e. The Bertz CT molecular complexity index is 1120. The zero-order valence-corrected chi connectivity index (χ0v) is 16.7. The predicted octanol–water partition coefficient (Wildman–Crippen LogP) is 2.66. The van der Waals surface area contributed by atoms with Gasteiger partial charge in [0.25, 0.3) is 5.56 Å². The van der Waals surface area contributed by atoms with Crippen molar-refractivity contribution in [3.8, 4) is 0 Å². The van der Waals surface area contributed by atoms with Gasteiger partial charge in [-0.15, -0.1) is 0 Å². The fourth-order valence-electron chi connectivity index (χ4n) is 3.34. The van der Waals surface area contributed by atoms with Crippen LogP contribution in [-0.4, -0.2) is 27.7 Å². The van der Waals surface area contributed by atoms with Gasteiger partial charge in [-0.05, 0) is 51.0 Å². The van der Waals surface area contributed by atoms with Crippen LogP contribution in [0.5, 0.6) is 0 Å². The molecule has 27 heavy (non-hydrogen) atoms. The zero-order valence-electron chi connectivity index (χ0n) is 16.7. The third kappa shape index (κ3) is 3.39. The van der Waals surface area contributed by atoms with Crippen molar-refractivity contribution >= 4 is 23.6 Å². The van der Waals surface area contributed by atoms with Crippen LogP contribution in [-0.2, 0) is 0 Å². The Labute approximate surface area is 158 Å². The van der Waals surface area contributed by atoms with Crippen molar-refractivity contribution in [2.24, 2.45) is 4.99 Å². The van der Waals surface area contributed by atoms with Crippen molar-refractivity contribution in [2.75, 3.05) is 18.0 Å². The molecule has 3 aromatic rings. The minimum atomic E-state index is -0.105. The number of anilines is 1. The van der Waals surface area contributed by atoms with Crippen molar-refractivity contribution in [1.82, 2.24) is 14.6 Å². The highest BCUT2D eigenvalue weighted by Crippen LogP contribution is 2.19. The molecule has 0 saturated carbocycles. The van der Waals surface area contributed by atoms with Crippen LogP contribution >= 0.6 is 0 Å². The molecule has 6 heteroatoms. The van der Waals surface area contributed by atoms with E-state index in [-0.39, 0.29) is 11.5 Å². The van der Waals surface area contributed by atoms with E-state index in [9.17, 15) is 4.79 Å². The van der Waals surface area contributed by atoms with Gasteiger partial charge >= 0.3 is 0 Å². The summed E-state index contributed by atoms with van der Waals surface area (Å²) >= 11 is 0. The van der Waals surface area contributed by atoms with E-state index in [2.05, 4.69) is 42.6 Å². The van der Waals surface area contributed by atoms with E-state index >= 15 is 0 Å². The van der Waals surface area contributed by atoms with Gasteiger partial charge in [-0.2, -0.15) is 4.52 Å². The Morgan fingerprint density at radius 1 is 1.22 bits per heavy atom. The summed E-state index contributed by atoms with van der Waals surface area (Å²) in [6, 6.07) is 8.08. The Morgan fingerprint density at radius 2 is 1.85 bits per heavy atom. The van der Waals surface area contributed by atoms with Crippen LogP contribution in [0.15, 0.2) is 34.1 Å². The standard InChI is InChI=1S/C21H27N5O/c1-7-25(8-2)17-11-9-16(10-12-17)22-19-15(6)24-26-20(19)23-18(13(3)4)14(5)21(26)27/h9-13,24H,6-8H2,1-5H3. The normalized spacial score (nSPS) is 12.3. The van der Waals surface area contributed by atoms with E-state index in [1.54, 1.807) is 0 Å². The summed E-state index contributed by atoms with van der Waals surface area (Å²) in [6.45, 7) is 16.1. The lowest BCUT2D eigenvalue weighted by Crippen LogP contribution is -2.23. The number of nitrogens with one attached hydrogen (secondary N) is 1. The number of aromatic amines is 1. The molecular formula is C21H27N5O. The summed E-state index contributed by atoms with van der Waals surface area (Å²) in [5.74, 6) is 0.159. The number of rotatable bonds is 5. The third-order valence-corrected chi connectivity index (χ3v) is 4.86. The molecule has 0 saturated heterocycles. The number of H-pyrrole nitrogens is 1. The van der Waals surface area contributed by atoms with E-state index in [4.69, 9.17) is 9.98 Å². The van der Waals surface area contributed by atoms with Crippen molar-refractivity contribution in [2.45, 2.75) is 40.5 Å². The molecule has 3 rings (SSSR count). The summed E-state index contributed by atoms with van der Waals surface area (Å²) in [7, 11) is 0. The first kappa shape index (κ1) is 18.9. The molecule has 0 amide bonds. The number of aromatic nitrogens is 3. The number of hydrogen-bond donors (Lipinski definition) is 1. The Kier molecular flexibility index (Phi) is 5.17. The second kappa shape index (κ2) is 7.39. The molecule has 0 fully saturated rings. The molecular weight excluding hydrogens is 338 g/mol. The Hall–Kier alpha value is -2.89.